The predicted molar refractivity (Wildman–Crippen MR) is 115 cm³/mol. The van der Waals surface area contributed by atoms with Gasteiger partial charge in [0, 0.05) is 24.7 Å². The first-order valence-corrected chi connectivity index (χ1v) is 10.9. The highest BCUT2D eigenvalue weighted by molar-refractivity contribution is 6.26. The predicted octanol–water partition coefficient (Wildman–Crippen LogP) is 4.24. The zero-order chi connectivity index (χ0) is 24.0. The second-order valence-electron chi connectivity index (χ2n) is 9.18. The van der Waals surface area contributed by atoms with Crippen LogP contribution in [0.5, 0.6) is 0 Å². The topological polar surface area (TPSA) is 66.3 Å². The van der Waals surface area contributed by atoms with Gasteiger partial charge in [-0.2, -0.15) is 18.3 Å². The number of carbonyl (C=O) groups is 1. The molecule has 10 heteroatoms. The van der Waals surface area contributed by atoms with E-state index in [2.05, 4.69) is 10.3 Å². The second kappa shape index (κ2) is 8.55. The molecule has 0 spiro atoms. The van der Waals surface area contributed by atoms with Crippen molar-refractivity contribution in [2.45, 2.75) is 51.4 Å². The molecule has 1 aromatic rings. The molecule has 1 fully saturated rings. The van der Waals surface area contributed by atoms with Crippen molar-refractivity contribution >= 4 is 17.5 Å². The van der Waals surface area contributed by atoms with E-state index in [4.69, 9.17) is 9.84 Å². The number of benzene rings is 1. The Morgan fingerprint density at radius 2 is 1.97 bits per heavy atom. The van der Waals surface area contributed by atoms with Crippen molar-refractivity contribution in [3.05, 3.63) is 46.8 Å². The van der Waals surface area contributed by atoms with E-state index in [1.54, 1.807) is 11.1 Å². The van der Waals surface area contributed by atoms with Crippen LogP contribution in [0.15, 0.2) is 39.9 Å². The second-order valence-corrected chi connectivity index (χ2v) is 9.18. The molecule has 1 atom stereocenters. The molecule has 0 aliphatic carbocycles. The fraction of sp³-hybridized carbons (Fsp3) is 0.522. The van der Waals surface area contributed by atoms with Gasteiger partial charge in [0.05, 0.1) is 35.0 Å². The van der Waals surface area contributed by atoms with Crippen LogP contribution < -0.4 is 5.32 Å². The molecule has 4 rings (SSSR count). The smallest absolute Gasteiger partial charge is 0.381 e. The minimum atomic E-state index is -4.82. The highest BCUT2D eigenvalue weighted by Crippen LogP contribution is 2.34. The Labute approximate surface area is 189 Å². The van der Waals surface area contributed by atoms with Crippen molar-refractivity contribution < 1.29 is 27.1 Å². The molecule has 1 N–H and O–H groups in total. The van der Waals surface area contributed by atoms with Crippen molar-refractivity contribution in [3.63, 3.8) is 0 Å². The Bertz CT molecular complexity index is 1040. The van der Waals surface area contributed by atoms with E-state index in [1.165, 1.54) is 13.0 Å². The molecule has 3 aliphatic rings. The molecule has 6 nitrogen and oxygen atoms in total. The first-order chi connectivity index (χ1) is 15.5. The van der Waals surface area contributed by atoms with Gasteiger partial charge in [-0.05, 0) is 45.8 Å². The Morgan fingerprint density at radius 3 is 2.64 bits per heavy atom. The van der Waals surface area contributed by atoms with Crippen LogP contribution in [-0.4, -0.2) is 47.8 Å². The van der Waals surface area contributed by atoms with E-state index in [9.17, 15) is 22.4 Å². The minimum absolute atomic E-state index is 0.130. The Balaban J connectivity index is 1.62. The van der Waals surface area contributed by atoms with Crippen LogP contribution in [0.1, 0.15) is 50.8 Å². The number of amides is 1. The van der Waals surface area contributed by atoms with Crippen LogP contribution >= 0.6 is 0 Å². The maximum absolute atomic E-state index is 14.6. The number of ether oxygens (including phenoxy) is 1. The third kappa shape index (κ3) is 4.80. The van der Waals surface area contributed by atoms with Gasteiger partial charge >= 0.3 is 6.18 Å². The standard InChI is InChI=1S/C23H26F4N4O2/c1-13(15-5-4-6-17(19(15)24)23(25,26)27)28-21(32)16-11-18(14-7-9-33-10-8-14)30-31-12-22(2,3)29-20(16)31/h4-6,11,13-14H,7-10,12H2,1-3H3,(H,28,32)/t13-/m1/s1. The van der Waals surface area contributed by atoms with Gasteiger partial charge in [0.25, 0.3) is 5.91 Å². The fourth-order valence-corrected chi connectivity index (χ4v) is 4.30. The SMILES string of the molecule is C[C@@H](NC(=O)C1=CC(C2CCOCC2)=NN2CC(C)(C)N=C12)c1cccc(C(F)(F)F)c1F. The number of alkyl halides is 3. The summed E-state index contributed by atoms with van der Waals surface area (Å²) in [6.45, 7) is 7.02. The van der Waals surface area contributed by atoms with Crippen molar-refractivity contribution in [1.29, 1.82) is 0 Å². The average Bonchev–Trinajstić information content (AvgIpc) is 3.06. The summed E-state index contributed by atoms with van der Waals surface area (Å²) in [5, 5.41) is 9.06. The summed E-state index contributed by atoms with van der Waals surface area (Å²) in [6.07, 6.45) is -1.58. The number of halogens is 4. The lowest BCUT2D eigenvalue weighted by Crippen LogP contribution is -2.40. The molecule has 1 aromatic carbocycles. The molecule has 1 saturated heterocycles. The number of fused-ring (bicyclic) bond motifs is 1. The number of nitrogens with one attached hydrogen (secondary N) is 1. The maximum Gasteiger partial charge on any atom is 0.419 e. The molecule has 0 aromatic heterocycles. The lowest BCUT2D eigenvalue weighted by atomic mass is 9.92. The first-order valence-electron chi connectivity index (χ1n) is 10.9. The van der Waals surface area contributed by atoms with Crippen molar-refractivity contribution in [1.82, 2.24) is 10.3 Å². The van der Waals surface area contributed by atoms with Crippen LogP contribution in [-0.2, 0) is 15.7 Å². The number of carbonyl (C=O) groups excluding carboxylic acids is 1. The summed E-state index contributed by atoms with van der Waals surface area (Å²) in [7, 11) is 0. The van der Waals surface area contributed by atoms with Gasteiger partial charge in [0.1, 0.15) is 5.82 Å². The zero-order valence-electron chi connectivity index (χ0n) is 18.7. The third-order valence-corrected chi connectivity index (χ3v) is 5.99. The van der Waals surface area contributed by atoms with Gasteiger partial charge in [0.2, 0.25) is 0 Å². The lowest BCUT2D eigenvalue weighted by Gasteiger charge is -2.29. The fourth-order valence-electron chi connectivity index (χ4n) is 4.30. The van der Waals surface area contributed by atoms with Crippen LogP contribution in [0, 0.1) is 11.7 Å². The number of allylic oxidation sites excluding steroid dienone is 1. The Kier molecular flexibility index (Phi) is 6.07. The van der Waals surface area contributed by atoms with Crippen molar-refractivity contribution in [2.75, 3.05) is 19.8 Å². The van der Waals surface area contributed by atoms with Gasteiger partial charge in [-0.1, -0.05) is 12.1 Å². The number of nitrogens with zero attached hydrogens (tertiary/aromatic N) is 3. The summed E-state index contributed by atoms with van der Waals surface area (Å²) in [4.78, 5) is 17.9. The Hall–Kier alpha value is -2.75. The van der Waals surface area contributed by atoms with E-state index in [-0.39, 0.29) is 17.1 Å². The van der Waals surface area contributed by atoms with Gasteiger partial charge < -0.3 is 10.1 Å². The highest BCUT2D eigenvalue weighted by atomic mass is 19.4. The highest BCUT2D eigenvalue weighted by Gasteiger charge is 2.39. The molecule has 0 bridgehead atoms. The molecule has 3 aliphatic heterocycles. The van der Waals surface area contributed by atoms with E-state index in [0.717, 1.165) is 24.6 Å². The van der Waals surface area contributed by atoms with Crippen molar-refractivity contribution in [3.8, 4) is 0 Å². The number of rotatable bonds is 4. The zero-order valence-corrected chi connectivity index (χ0v) is 18.7. The average molecular weight is 466 g/mol. The molecular formula is C23H26F4N4O2. The Morgan fingerprint density at radius 1 is 1.27 bits per heavy atom. The summed E-state index contributed by atoms with van der Waals surface area (Å²) in [5.74, 6) is -1.39. The number of aliphatic imine (C=N–C) groups is 1. The molecule has 1 amide bonds. The summed E-state index contributed by atoms with van der Waals surface area (Å²) in [6, 6.07) is 2.06. The summed E-state index contributed by atoms with van der Waals surface area (Å²) in [5.41, 5.74) is -1.03. The number of hydrazone groups is 1. The van der Waals surface area contributed by atoms with Gasteiger partial charge in [0.15, 0.2) is 5.84 Å². The van der Waals surface area contributed by atoms with Crippen LogP contribution in [0.3, 0.4) is 0 Å². The van der Waals surface area contributed by atoms with Gasteiger partial charge in [-0.3, -0.25) is 9.79 Å². The van der Waals surface area contributed by atoms with Crippen LogP contribution in [0.4, 0.5) is 17.6 Å². The third-order valence-electron chi connectivity index (χ3n) is 5.99. The van der Waals surface area contributed by atoms with E-state index >= 15 is 0 Å². The molecule has 33 heavy (non-hydrogen) atoms. The van der Waals surface area contributed by atoms with E-state index in [1.807, 2.05) is 13.8 Å². The minimum Gasteiger partial charge on any atom is -0.381 e. The monoisotopic (exact) mass is 466 g/mol. The molecule has 0 saturated carbocycles. The maximum atomic E-state index is 14.6. The number of hydrogen-bond donors (Lipinski definition) is 1. The van der Waals surface area contributed by atoms with Gasteiger partial charge in [-0.25, -0.2) is 9.40 Å². The number of amidine groups is 1. The quantitative estimate of drug-likeness (QED) is 0.676. The van der Waals surface area contributed by atoms with E-state index in [0.29, 0.717) is 31.7 Å². The summed E-state index contributed by atoms with van der Waals surface area (Å²) >= 11 is 0. The largest absolute Gasteiger partial charge is 0.419 e. The summed E-state index contributed by atoms with van der Waals surface area (Å²) < 4.78 is 59.3. The molecule has 0 radical (unpaired) electrons. The van der Waals surface area contributed by atoms with Crippen LogP contribution in [0.2, 0.25) is 0 Å². The van der Waals surface area contributed by atoms with Crippen LogP contribution in [0.25, 0.3) is 0 Å². The number of hydrogen-bond acceptors (Lipinski definition) is 5. The van der Waals surface area contributed by atoms with Crippen molar-refractivity contribution in [2.24, 2.45) is 16.0 Å². The van der Waals surface area contributed by atoms with Gasteiger partial charge in [-0.15, -0.1) is 0 Å². The van der Waals surface area contributed by atoms with E-state index < -0.39 is 35.0 Å². The molecular weight excluding hydrogens is 440 g/mol. The lowest BCUT2D eigenvalue weighted by molar-refractivity contribution is -0.140. The molecule has 0 unspecified atom stereocenters. The molecule has 178 valence electrons. The molecule has 3 heterocycles. The normalized spacial score (nSPS) is 21.7. The first kappa shape index (κ1) is 23.4.